The largest absolute Gasteiger partial charge is 0.469 e. The fourth-order valence-corrected chi connectivity index (χ4v) is 6.39. The third kappa shape index (κ3) is 7.03. The molecule has 2 unspecified atom stereocenters. The number of benzene rings is 1. The van der Waals surface area contributed by atoms with Gasteiger partial charge in [-0.25, -0.2) is 4.98 Å². The Morgan fingerprint density at radius 3 is 2.95 bits per heavy atom. The topological polar surface area (TPSA) is 66.9 Å². The van der Waals surface area contributed by atoms with E-state index in [2.05, 4.69) is 61.4 Å². The highest BCUT2D eigenvalue weighted by molar-refractivity contribution is 9.10. The van der Waals surface area contributed by atoms with Gasteiger partial charge in [0.1, 0.15) is 5.82 Å². The van der Waals surface area contributed by atoms with E-state index in [0.29, 0.717) is 12.3 Å². The smallest absolute Gasteiger partial charge is 0.306 e. The van der Waals surface area contributed by atoms with Gasteiger partial charge in [0, 0.05) is 54.5 Å². The van der Waals surface area contributed by atoms with Gasteiger partial charge in [-0.15, -0.1) is 0 Å². The van der Waals surface area contributed by atoms with Crippen molar-refractivity contribution in [3.63, 3.8) is 0 Å². The summed E-state index contributed by atoms with van der Waals surface area (Å²) in [5, 5.41) is 3.45. The number of ether oxygens (including phenoxy) is 2. The van der Waals surface area contributed by atoms with Crippen LogP contribution in [0.15, 0.2) is 34.8 Å². The minimum Gasteiger partial charge on any atom is -0.469 e. The van der Waals surface area contributed by atoms with Crippen LogP contribution in [0.4, 0.5) is 11.5 Å². The zero-order valence-corrected chi connectivity index (χ0v) is 23.5. The second-order valence-corrected chi connectivity index (χ2v) is 11.5. The summed E-state index contributed by atoms with van der Waals surface area (Å²) in [5.74, 6) is 1.70. The Bertz CT molecular complexity index is 1080. The van der Waals surface area contributed by atoms with Crippen molar-refractivity contribution in [2.45, 2.75) is 44.4 Å². The van der Waals surface area contributed by atoms with Gasteiger partial charge in [0.05, 0.1) is 26.7 Å². The number of morpholine rings is 1. The van der Waals surface area contributed by atoms with Crippen LogP contribution in [0.2, 0.25) is 0 Å². The molecule has 37 heavy (non-hydrogen) atoms. The van der Waals surface area contributed by atoms with Gasteiger partial charge >= 0.3 is 5.97 Å². The lowest BCUT2D eigenvalue weighted by Gasteiger charge is -2.30. The first-order valence-corrected chi connectivity index (χ1v) is 14.5. The molecule has 2 saturated heterocycles. The number of carbonyl (C=O) groups excluding carboxylic acids is 1. The fraction of sp³-hybridized carbons (Fsp3) is 0.586. The Morgan fingerprint density at radius 1 is 1.24 bits per heavy atom. The van der Waals surface area contributed by atoms with E-state index in [4.69, 9.17) is 14.5 Å². The van der Waals surface area contributed by atoms with E-state index in [9.17, 15) is 4.79 Å². The van der Waals surface area contributed by atoms with Crippen LogP contribution in [0, 0.1) is 5.92 Å². The van der Waals surface area contributed by atoms with Gasteiger partial charge in [0.2, 0.25) is 0 Å². The average molecular weight is 572 g/mol. The molecule has 8 heteroatoms. The molecule has 3 aliphatic heterocycles. The van der Waals surface area contributed by atoms with Gasteiger partial charge in [-0.3, -0.25) is 4.79 Å². The first kappa shape index (κ1) is 26.4. The minimum atomic E-state index is -0.152. The third-order valence-electron chi connectivity index (χ3n) is 8.00. The Labute approximate surface area is 229 Å². The SMILES string of the molecule is COC(=O)CC(CN1CCC(CCc2ccc3c(n2)NCCC3)C1)c1cc(Br)cc(N2CCOCC2)c1. The first-order chi connectivity index (χ1) is 18.1. The summed E-state index contributed by atoms with van der Waals surface area (Å²) in [6.45, 7) is 7.32. The number of rotatable bonds is 9. The molecule has 5 rings (SSSR count). The predicted molar refractivity (Wildman–Crippen MR) is 150 cm³/mol. The molecule has 0 saturated carbocycles. The monoisotopic (exact) mass is 570 g/mol. The van der Waals surface area contributed by atoms with Gasteiger partial charge in [-0.2, -0.15) is 0 Å². The van der Waals surface area contributed by atoms with Gasteiger partial charge in [-0.05, 0) is 80.0 Å². The maximum absolute atomic E-state index is 12.4. The Balaban J connectivity index is 1.21. The molecule has 200 valence electrons. The van der Waals surface area contributed by atoms with Gasteiger partial charge < -0.3 is 24.6 Å². The van der Waals surface area contributed by atoms with Gasteiger partial charge in [-0.1, -0.05) is 22.0 Å². The molecule has 1 aromatic carbocycles. The lowest BCUT2D eigenvalue weighted by atomic mass is 9.94. The molecule has 0 bridgehead atoms. The number of hydrogen-bond donors (Lipinski definition) is 1. The van der Waals surface area contributed by atoms with E-state index < -0.39 is 0 Å². The summed E-state index contributed by atoms with van der Waals surface area (Å²) in [6, 6.07) is 11.1. The minimum absolute atomic E-state index is 0.0943. The standard InChI is InChI=1S/C29H39BrN4O3/c1-36-28(35)17-24(23-15-25(30)18-27(16-23)34-11-13-37-14-12-34)20-33-10-8-21(19-33)4-6-26-7-5-22-3-2-9-31-29(22)32-26/h5,7,15-16,18,21,24H,2-4,6,8-14,17,19-20H2,1H3,(H,31,32). The third-order valence-corrected chi connectivity index (χ3v) is 8.46. The summed E-state index contributed by atoms with van der Waals surface area (Å²) in [6.07, 6.45) is 6.09. The number of anilines is 2. The van der Waals surface area contributed by atoms with E-state index in [-0.39, 0.29) is 11.9 Å². The zero-order valence-electron chi connectivity index (χ0n) is 21.9. The van der Waals surface area contributed by atoms with E-state index in [1.165, 1.54) is 42.5 Å². The highest BCUT2D eigenvalue weighted by atomic mass is 79.9. The van der Waals surface area contributed by atoms with Crippen LogP contribution in [0.3, 0.4) is 0 Å². The van der Waals surface area contributed by atoms with Crippen molar-refractivity contribution >= 4 is 33.4 Å². The maximum Gasteiger partial charge on any atom is 0.306 e. The van der Waals surface area contributed by atoms with Crippen molar-refractivity contribution in [1.82, 2.24) is 9.88 Å². The van der Waals surface area contributed by atoms with Crippen molar-refractivity contribution < 1.29 is 14.3 Å². The number of nitrogens with one attached hydrogen (secondary N) is 1. The second kappa shape index (κ2) is 12.6. The molecule has 0 spiro atoms. The van der Waals surface area contributed by atoms with Crippen LogP contribution in [-0.2, 0) is 27.1 Å². The molecule has 0 aliphatic carbocycles. The molecule has 0 radical (unpaired) electrons. The van der Waals surface area contributed by atoms with Crippen LogP contribution < -0.4 is 10.2 Å². The molecule has 4 heterocycles. The lowest BCUT2D eigenvalue weighted by molar-refractivity contribution is -0.141. The summed E-state index contributed by atoms with van der Waals surface area (Å²) in [5.41, 5.74) is 4.92. The number of fused-ring (bicyclic) bond motifs is 1. The molecule has 0 amide bonds. The number of likely N-dealkylation sites (tertiary alicyclic amines) is 1. The summed E-state index contributed by atoms with van der Waals surface area (Å²) in [4.78, 5) is 22.2. The number of aromatic nitrogens is 1. The average Bonchev–Trinajstić information content (AvgIpc) is 3.38. The highest BCUT2D eigenvalue weighted by Gasteiger charge is 2.27. The number of carbonyl (C=O) groups is 1. The van der Waals surface area contributed by atoms with Crippen LogP contribution in [0.1, 0.15) is 48.4 Å². The Hall–Kier alpha value is -2.16. The molecule has 2 atom stereocenters. The second-order valence-electron chi connectivity index (χ2n) is 10.6. The Morgan fingerprint density at radius 2 is 2.11 bits per heavy atom. The number of methoxy groups -OCH3 is 1. The first-order valence-electron chi connectivity index (χ1n) is 13.7. The van der Waals surface area contributed by atoms with Crippen molar-refractivity contribution in [3.05, 3.63) is 51.6 Å². The number of aryl methyl sites for hydroxylation is 2. The number of esters is 1. The summed E-state index contributed by atoms with van der Waals surface area (Å²) < 4.78 is 11.7. The zero-order chi connectivity index (χ0) is 25.6. The van der Waals surface area contributed by atoms with E-state index >= 15 is 0 Å². The number of pyridine rings is 1. The van der Waals surface area contributed by atoms with Crippen molar-refractivity contribution in [2.75, 3.05) is 69.8 Å². The van der Waals surface area contributed by atoms with Crippen LogP contribution >= 0.6 is 15.9 Å². The quantitative estimate of drug-likeness (QED) is 0.440. The molecule has 1 aromatic heterocycles. The van der Waals surface area contributed by atoms with Gasteiger partial charge in [0.15, 0.2) is 0 Å². The van der Waals surface area contributed by atoms with Crippen molar-refractivity contribution in [3.8, 4) is 0 Å². The predicted octanol–water partition coefficient (Wildman–Crippen LogP) is 4.64. The molecule has 3 aliphatic rings. The summed E-state index contributed by atoms with van der Waals surface area (Å²) in [7, 11) is 1.48. The highest BCUT2D eigenvalue weighted by Crippen LogP contribution is 2.32. The van der Waals surface area contributed by atoms with E-state index in [1.54, 1.807) is 0 Å². The van der Waals surface area contributed by atoms with Crippen LogP contribution in [0.5, 0.6) is 0 Å². The normalized spacial score (nSPS) is 20.8. The van der Waals surface area contributed by atoms with Crippen LogP contribution in [-0.4, -0.2) is 75.4 Å². The van der Waals surface area contributed by atoms with Crippen molar-refractivity contribution in [1.29, 1.82) is 0 Å². The molecule has 1 N–H and O–H groups in total. The number of nitrogens with zero attached hydrogens (tertiary/aromatic N) is 3. The maximum atomic E-state index is 12.4. The van der Waals surface area contributed by atoms with E-state index in [0.717, 1.165) is 82.0 Å². The van der Waals surface area contributed by atoms with E-state index in [1.807, 2.05) is 0 Å². The molecule has 2 fully saturated rings. The van der Waals surface area contributed by atoms with Crippen LogP contribution in [0.25, 0.3) is 0 Å². The molecular weight excluding hydrogens is 532 g/mol. The molecule has 7 nitrogen and oxygen atoms in total. The molecule has 2 aromatic rings. The lowest BCUT2D eigenvalue weighted by Crippen LogP contribution is -2.36. The fourth-order valence-electron chi connectivity index (χ4n) is 5.89. The Kier molecular flexibility index (Phi) is 9.00. The van der Waals surface area contributed by atoms with Gasteiger partial charge in [0.25, 0.3) is 0 Å². The number of halogens is 1. The van der Waals surface area contributed by atoms with Crippen molar-refractivity contribution in [2.24, 2.45) is 5.92 Å². The molecular formula is C29H39BrN4O3. The summed E-state index contributed by atoms with van der Waals surface area (Å²) >= 11 is 3.72. The number of hydrogen-bond acceptors (Lipinski definition) is 7.